The minimum absolute atomic E-state index is 0.0421. The Kier molecular flexibility index (Phi) is 5.01. The summed E-state index contributed by atoms with van der Waals surface area (Å²) in [4.78, 5) is 11.9. The fraction of sp³-hybridized carbons (Fsp3) is 0.308. The van der Waals surface area contributed by atoms with Gasteiger partial charge in [0.25, 0.3) is 0 Å². The van der Waals surface area contributed by atoms with Crippen LogP contribution >= 0.6 is 0 Å². The van der Waals surface area contributed by atoms with Gasteiger partial charge in [0, 0.05) is 6.07 Å². The smallest absolute Gasteiger partial charge is 0.496 e. The lowest BCUT2D eigenvalue weighted by atomic mass is 10.1. The monoisotopic (exact) mass is 290 g/mol. The van der Waals surface area contributed by atoms with Gasteiger partial charge in [0.15, 0.2) is 5.76 Å². The van der Waals surface area contributed by atoms with Crippen molar-refractivity contribution in [1.29, 1.82) is 0 Å². The number of halogens is 3. The Morgan fingerprint density at radius 3 is 2.50 bits per heavy atom. The molecule has 0 amide bonds. The van der Waals surface area contributed by atoms with Crippen LogP contribution in [0.3, 0.4) is 0 Å². The second kappa shape index (κ2) is 6.31. The summed E-state index contributed by atoms with van der Waals surface area (Å²) in [6, 6.07) is 3.15. The summed E-state index contributed by atoms with van der Waals surface area (Å²) < 4.78 is 49.9. The van der Waals surface area contributed by atoms with E-state index in [-0.39, 0.29) is 23.7 Å². The molecule has 0 radical (unpaired) electrons. The standard InChI is InChI=1S/C13H13F3O4/c1-4-19-8(2)12(17)10-6-5-9(7-11(10)18-3)20-13(14,15)16/h5-7H,2,4H2,1,3H3. The Balaban J connectivity index is 3.05. The molecule has 0 saturated carbocycles. The van der Waals surface area contributed by atoms with Crippen LogP contribution in [0.5, 0.6) is 11.5 Å². The number of Topliss-reactive ketones (excluding diaryl/α,β-unsaturated/α-hetero) is 1. The van der Waals surface area contributed by atoms with Crippen LogP contribution in [0.1, 0.15) is 17.3 Å². The van der Waals surface area contributed by atoms with Crippen LogP contribution < -0.4 is 9.47 Å². The SMILES string of the molecule is C=C(OCC)C(=O)c1ccc(OC(F)(F)F)cc1OC. The van der Waals surface area contributed by atoms with Gasteiger partial charge < -0.3 is 14.2 Å². The predicted octanol–water partition coefficient (Wildman–Crippen LogP) is 3.33. The molecule has 0 aromatic heterocycles. The van der Waals surface area contributed by atoms with E-state index in [1.165, 1.54) is 7.11 Å². The minimum Gasteiger partial charge on any atom is -0.496 e. The van der Waals surface area contributed by atoms with Crippen LogP contribution in [-0.4, -0.2) is 25.9 Å². The average Bonchev–Trinajstić information content (AvgIpc) is 2.36. The van der Waals surface area contributed by atoms with Gasteiger partial charge in [0.1, 0.15) is 11.5 Å². The zero-order valence-corrected chi connectivity index (χ0v) is 10.9. The van der Waals surface area contributed by atoms with Crippen LogP contribution in [-0.2, 0) is 4.74 Å². The van der Waals surface area contributed by atoms with Crippen molar-refractivity contribution in [2.24, 2.45) is 0 Å². The largest absolute Gasteiger partial charge is 0.573 e. The normalized spacial score (nSPS) is 10.8. The zero-order chi connectivity index (χ0) is 15.3. The molecule has 0 N–H and O–H groups in total. The van der Waals surface area contributed by atoms with Crippen molar-refractivity contribution in [2.75, 3.05) is 13.7 Å². The first-order valence-corrected chi connectivity index (χ1v) is 5.58. The van der Waals surface area contributed by atoms with Gasteiger partial charge in [0.2, 0.25) is 5.78 Å². The number of hydrogen-bond donors (Lipinski definition) is 0. The molecule has 1 aromatic rings. The number of alkyl halides is 3. The number of rotatable bonds is 6. The molecule has 0 fully saturated rings. The average molecular weight is 290 g/mol. The van der Waals surface area contributed by atoms with Gasteiger partial charge in [-0.15, -0.1) is 13.2 Å². The quantitative estimate of drug-likeness (QED) is 0.458. The van der Waals surface area contributed by atoms with E-state index < -0.39 is 17.9 Å². The molecule has 0 saturated heterocycles. The molecule has 110 valence electrons. The van der Waals surface area contributed by atoms with Crippen molar-refractivity contribution in [3.63, 3.8) is 0 Å². The maximum atomic E-state index is 12.1. The third kappa shape index (κ3) is 4.18. The summed E-state index contributed by atoms with van der Waals surface area (Å²) in [6.45, 7) is 5.37. The molecular weight excluding hydrogens is 277 g/mol. The molecule has 0 spiro atoms. The van der Waals surface area contributed by atoms with Gasteiger partial charge in [-0.2, -0.15) is 0 Å². The number of benzene rings is 1. The van der Waals surface area contributed by atoms with Crippen LogP contribution in [0.15, 0.2) is 30.5 Å². The molecule has 1 aromatic carbocycles. The highest BCUT2D eigenvalue weighted by Crippen LogP contribution is 2.30. The van der Waals surface area contributed by atoms with Gasteiger partial charge in [-0.25, -0.2) is 0 Å². The lowest BCUT2D eigenvalue weighted by molar-refractivity contribution is -0.274. The Bertz CT molecular complexity index is 509. The van der Waals surface area contributed by atoms with E-state index in [2.05, 4.69) is 11.3 Å². The fourth-order valence-corrected chi connectivity index (χ4v) is 1.45. The number of ketones is 1. The molecular formula is C13H13F3O4. The first-order valence-electron chi connectivity index (χ1n) is 5.58. The van der Waals surface area contributed by atoms with Crippen molar-refractivity contribution in [3.8, 4) is 11.5 Å². The molecule has 0 aliphatic heterocycles. The molecule has 20 heavy (non-hydrogen) atoms. The Labute approximate surface area is 113 Å². The molecule has 4 nitrogen and oxygen atoms in total. The van der Waals surface area contributed by atoms with E-state index in [1.54, 1.807) is 6.92 Å². The van der Waals surface area contributed by atoms with E-state index in [4.69, 9.17) is 9.47 Å². The first kappa shape index (κ1) is 15.9. The summed E-state index contributed by atoms with van der Waals surface area (Å²) >= 11 is 0. The van der Waals surface area contributed by atoms with E-state index in [0.29, 0.717) is 0 Å². The molecule has 0 bridgehead atoms. The van der Waals surface area contributed by atoms with E-state index in [9.17, 15) is 18.0 Å². The second-order valence-corrected chi connectivity index (χ2v) is 3.60. The van der Waals surface area contributed by atoms with E-state index in [1.807, 2.05) is 0 Å². The minimum atomic E-state index is -4.81. The lowest BCUT2D eigenvalue weighted by Crippen LogP contribution is -2.17. The van der Waals surface area contributed by atoms with Crippen molar-refractivity contribution in [1.82, 2.24) is 0 Å². The van der Waals surface area contributed by atoms with Crippen LogP contribution in [0.4, 0.5) is 13.2 Å². The summed E-state index contributed by atoms with van der Waals surface area (Å²) in [5.41, 5.74) is 0.0421. The molecule has 0 aliphatic carbocycles. The number of ether oxygens (including phenoxy) is 3. The number of hydrogen-bond acceptors (Lipinski definition) is 4. The van der Waals surface area contributed by atoms with Gasteiger partial charge in [-0.1, -0.05) is 6.58 Å². The summed E-state index contributed by atoms with van der Waals surface area (Å²) in [5, 5.41) is 0. The Morgan fingerprint density at radius 2 is 2.00 bits per heavy atom. The number of methoxy groups -OCH3 is 1. The Hall–Kier alpha value is -2.18. The number of carbonyl (C=O) groups is 1. The van der Waals surface area contributed by atoms with Crippen molar-refractivity contribution in [2.45, 2.75) is 13.3 Å². The van der Waals surface area contributed by atoms with Crippen LogP contribution in [0.2, 0.25) is 0 Å². The van der Waals surface area contributed by atoms with E-state index >= 15 is 0 Å². The third-order valence-electron chi connectivity index (χ3n) is 2.22. The van der Waals surface area contributed by atoms with Crippen LogP contribution in [0.25, 0.3) is 0 Å². The number of allylic oxidation sites excluding steroid dienone is 1. The zero-order valence-electron chi connectivity index (χ0n) is 10.9. The Morgan fingerprint density at radius 1 is 1.35 bits per heavy atom. The fourth-order valence-electron chi connectivity index (χ4n) is 1.45. The summed E-state index contributed by atoms with van der Waals surface area (Å²) in [5.74, 6) is -1.22. The van der Waals surface area contributed by atoms with Gasteiger partial charge >= 0.3 is 6.36 Å². The highest BCUT2D eigenvalue weighted by atomic mass is 19.4. The van der Waals surface area contributed by atoms with E-state index in [0.717, 1.165) is 18.2 Å². The molecule has 0 heterocycles. The maximum Gasteiger partial charge on any atom is 0.573 e. The first-order chi connectivity index (χ1) is 9.28. The number of carbonyl (C=O) groups excluding carboxylic acids is 1. The highest BCUT2D eigenvalue weighted by molar-refractivity contribution is 6.08. The van der Waals surface area contributed by atoms with Gasteiger partial charge in [-0.05, 0) is 19.1 Å². The molecule has 7 heteroatoms. The van der Waals surface area contributed by atoms with Crippen molar-refractivity contribution >= 4 is 5.78 Å². The van der Waals surface area contributed by atoms with Crippen molar-refractivity contribution < 1.29 is 32.2 Å². The third-order valence-corrected chi connectivity index (χ3v) is 2.22. The molecule has 0 aliphatic rings. The maximum absolute atomic E-state index is 12.1. The topological polar surface area (TPSA) is 44.8 Å². The lowest BCUT2D eigenvalue weighted by Gasteiger charge is -2.13. The highest BCUT2D eigenvalue weighted by Gasteiger charge is 2.31. The second-order valence-electron chi connectivity index (χ2n) is 3.60. The predicted molar refractivity (Wildman–Crippen MR) is 64.8 cm³/mol. The summed E-state index contributed by atoms with van der Waals surface area (Å²) in [7, 11) is 1.23. The van der Waals surface area contributed by atoms with Crippen molar-refractivity contribution in [3.05, 3.63) is 36.1 Å². The molecule has 1 rings (SSSR count). The summed E-state index contributed by atoms with van der Waals surface area (Å²) in [6.07, 6.45) is -4.81. The van der Waals surface area contributed by atoms with Gasteiger partial charge in [0.05, 0.1) is 19.3 Å². The van der Waals surface area contributed by atoms with Crippen LogP contribution in [0, 0.1) is 0 Å². The van der Waals surface area contributed by atoms with Gasteiger partial charge in [-0.3, -0.25) is 4.79 Å². The molecule has 0 atom stereocenters. The molecule has 0 unspecified atom stereocenters.